The average molecular weight is 255 g/mol. The molecule has 1 aromatic heterocycles. The number of hydrogen-bond acceptors (Lipinski definition) is 3. The lowest BCUT2D eigenvalue weighted by Gasteiger charge is -2.06. The molecule has 0 atom stereocenters. The highest BCUT2D eigenvalue weighted by molar-refractivity contribution is 6.02. The van der Waals surface area contributed by atoms with Gasteiger partial charge in [0.1, 0.15) is 5.69 Å². The fraction of sp³-hybridized carbons (Fsp3) is 0.200. The molecule has 2 aromatic rings. The van der Waals surface area contributed by atoms with Crippen LogP contribution in [-0.4, -0.2) is 17.9 Å². The number of pyridine rings is 1. The van der Waals surface area contributed by atoms with E-state index in [1.165, 1.54) is 5.56 Å². The molecule has 0 saturated heterocycles. The van der Waals surface area contributed by atoms with Gasteiger partial charge in [-0.05, 0) is 36.2 Å². The second-order valence-corrected chi connectivity index (χ2v) is 4.19. The topological polar surface area (TPSA) is 54.0 Å². The Morgan fingerprint density at radius 1 is 1.11 bits per heavy atom. The first kappa shape index (κ1) is 13.1. The SMILES string of the molecule is CCc1ccc(NC(=O)c2ccc(NC)cn2)cc1. The van der Waals surface area contributed by atoms with E-state index in [1.54, 1.807) is 12.3 Å². The Morgan fingerprint density at radius 2 is 1.79 bits per heavy atom. The summed E-state index contributed by atoms with van der Waals surface area (Å²) in [7, 11) is 1.81. The van der Waals surface area contributed by atoms with E-state index in [0.717, 1.165) is 17.8 Å². The molecule has 2 N–H and O–H groups in total. The van der Waals surface area contributed by atoms with Crippen LogP contribution in [0.25, 0.3) is 0 Å². The van der Waals surface area contributed by atoms with Crippen molar-refractivity contribution in [2.45, 2.75) is 13.3 Å². The molecule has 1 aromatic carbocycles. The second-order valence-electron chi connectivity index (χ2n) is 4.19. The zero-order valence-electron chi connectivity index (χ0n) is 11.1. The van der Waals surface area contributed by atoms with Crippen LogP contribution in [0.3, 0.4) is 0 Å². The standard InChI is InChI=1S/C15H17N3O/c1-3-11-4-6-12(7-5-11)18-15(19)14-9-8-13(16-2)10-17-14/h4-10,16H,3H2,1-2H3,(H,18,19). The summed E-state index contributed by atoms with van der Waals surface area (Å²) in [5.74, 6) is -0.202. The van der Waals surface area contributed by atoms with Crippen molar-refractivity contribution in [2.75, 3.05) is 17.7 Å². The third-order valence-corrected chi connectivity index (χ3v) is 2.90. The maximum Gasteiger partial charge on any atom is 0.274 e. The van der Waals surface area contributed by atoms with E-state index in [4.69, 9.17) is 0 Å². The maximum atomic E-state index is 12.0. The Kier molecular flexibility index (Phi) is 4.13. The quantitative estimate of drug-likeness (QED) is 0.883. The van der Waals surface area contributed by atoms with Crippen LogP contribution in [0.2, 0.25) is 0 Å². The molecule has 4 nitrogen and oxygen atoms in total. The summed E-state index contributed by atoms with van der Waals surface area (Å²) in [6, 6.07) is 11.3. The number of hydrogen-bond donors (Lipinski definition) is 2. The van der Waals surface area contributed by atoms with Crippen molar-refractivity contribution in [3.05, 3.63) is 53.9 Å². The third-order valence-electron chi connectivity index (χ3n) is 2.90. The Morgan fingerprint density at radius 3 is 2.32 bits per heavy atom. The molecule has 2 rings (SSSR count). The average Bonchev–Trinajstić information content (AvgIpc) is 2.48. The van der Waals surface area contributed by atoms with Gasteiger partial charge >= 0.3 is 0 Å². The molecule has 0 saturated carbocycles. The number of aryl methyl sites for hydroxylation is 1. The number of benzene rings is 1. The summed E-state index contributed by atoms with van der Waals surface area (Å²) < 4.78 is 0. The Labute approximate surface area is 112 Å². The van der Waals surface area contributed by atoms with Gasteiger partial charge in [-0.15, -0.1) is 0 Å². The van der Waals surface area contributed by atoms with E-state index < -0.39 is 0 Å². The summed E-state index contributed by atoms with van der Waals surface area (Å²) in [6.07, 6.45) is 2.62. The number of anilines is 2. The molecule has 0 spiro atoms. The van der Waals surface area contributed by atoms with Gasteiger partial charge in [-0.1, -0.05) is 19.1 Å². The van der Waals surface area contributed by atoms with Gasteiger partial charge in [0, 0.05) is 12.7 Å². The van der Waals surface area contributed by atoms with Gasteiger partial charge in [0.2, 0.25) is 0 Å². The fourth-order valence-electron chi connectivity index (χ4n) is 1.69. The van der Waals surface area contributed by atoms with Gasteiger partial charge in [0.05, 0.1) is 11.9 Å². The first-order chi connectivity index (χ1) is 9.22. The molecule has 0 aliphatic carbocycles. The predicted molar refractivity (Wildman–Crippen MR) is 77.6 cm³/mol. The number of nitrogens with one attached hydrogen (secondary N) is 2. The molecule has 0 fully saturated rings. The van der Waals surface area contributed by atoms with Gasteiger partial charge in [-0.25, -0.2) is 4.98 Å². The van der Waals surface area contributed by atoms with Gasteiger partial charge in [-0.3, -0.25) is 4.79 Å². The molecule has 19 heavy (non-hydrogen) atoms. The maximum absolute atomic E-state index is 12.0. The van der Waals surface area contributed by atoms with E-state index >= 15 is 0 Å². The van der Waals surface area contributed by atoms with Crippen molar-refractivity contribution >= 4 is 17.3 Å². The molecule has 0 bridgehead atoms. The zero-order chi connectivity index (χ0) is 13.7. The fourth-order valence-corrected chi connectivity index (χ4v) is 1.69. The van der Waals surface area contributed by atoms with E-state index in [1.807, 2.05) is 37.4 Å². The van der Waals surface area contributed by atoms with Crippen molar-refractivity contribution in [1.29, 1.82) is 0 Å². The van der Waals surface area contributed by atoms with Crippen LogP contribution in [0.4, 0.5) is 11.4 Å². The molecule has 1 heterocycles. The second kappa shape index (κ2) is 6.00. The molecule has 1 amide bonds. The predicted octanol–water partition coefficient (Wildman–Crippen LogP) is 2.94. The van der Waals surface area contributed by atoms with Crippen LogP contribution < -0.4 is 10.6 Å². The summed E-state index contributed by atoms with van der Waals surface area (Å²) in [5.41, 5.74) is 3.30. The minimum Gasteiger partial charge on any atom is -0.387 e. The number of rotatable bonds is 4. The van der Waals surface area contributed by atoms with Crippen LogP contribution in [0.1, 0.15) is 23.0 Å². The summed E-state index contributed by atoms with van der Waals surface area (Å²) in [5, 5.41) is 5.79. The number of amides is 1. The summed E-state index contributed by atoms with van der Waals surface area (Å²) in [4.78, 5) is 16.1. The van der Waals surface area contributed by atoms with Gasteiger partial charge in [0.25, 0.3) is 5.91 Å². The van der Waals surface area contributed by atoms with Crippen LogP contribution in [0.5, 0.6) is 0 Å². The Balaban J connectivity index is 2.06. The lowest BCUT2D eigenvalue weighted by Crippen LogP contribution is -2.13. The number of aromatic nitrogens is 1. The van der Waals surface area contributed by atoms with Crippen molar-refractivity contribution in [3.8, 4) is 0 Å². The number of carbonyl (C=O) groups is 1. The smallest absolute Gasteiger partial charge is 0.274 e. The molecule has 0 radical (unpaired) electrons. The minimum atomic E-state index is -0.202. The normalized spacial score (nSPS) is 10.0. The number of nitrogens with zero attached hydrogens (tertiary/aromatic N) is 1. The van der Waals surface area contributed by atoms with Crippen LogP contribution in [0.15, 0.2) is 42.6 Å². The van der Waals surface area contributed by atoms with Crippen LogP contribution in [0, 0.1) is 0 Å². The first-order valence-electron chi connectivity index (χ1n) is 6.27. The van der Waals surface area contributed by atoms with Crippen molar-refractivity contribution in [2.24, 2.45) is 0 Å². The Bertz CT molecular complexity index is 547. The summed E-state index contributed by atoms with van der Waals surface area (Å²) in [6.45, 7) is 2.10. The minimum absolute atomic E-state index is 0.202. The highest BCUT2D eigenvalue weighted by Crippen LogP contribution is 2.12. The molecule has 0 unspecified atom stereocenters. The van der Waals surface area contributed by atoms with Crippen LogP contribution >= 0.6 is 0 Å². The van der Waals surface area contributed by atoms with E-state index in [0.29, 0.717) is 5.69 Å². The van der Waals surface area contributed by atoms with Crippen LogP contribution in [-0.2, 0) is 6.42 Å². The van der Waals surface area contributed by atoms with E-state index in [9.17, 15) is 4.79 Å². The Hall–Kier alpha value is -2.36. The van der Waals surface area contributed by atoms with Gasteiger partial charge in [0.15, 0.2) is 0 Å². The molecule has 4 heteroatoms. The summed E-state index contributed by atoms with van der Waals surface area (Å²) >= 11 is 0. The highest BCUT2D eigenvalue weighted by Gasteiger charge is 2.07. The van der Waals surface area contributed by atoms with Crippen molar-refractivity contribution in [1.82, 2.24) is 4.98 Å². The van der Waals surface area contributed by atoms with Crippen molar-refractivity contribution < 1.29 is 4.79 Å². The third kappa shape index (κ3) is 3.31. The van der Waals surface area contributed by atoms with Crippen molar-refractivity contribution in [3.63, 3.8) is 0 Å². The molecule has 0 aliphatic rings. The monoisotopic (exact) mass is 255 g/mol. The molecular weight excluding hydrogens is 238 g/mol. The lowest BCUT2D eigenvalue weighted by molar-refractivity contribution is 0.102. The zero-order valence-corrected chi connectivity index (χ0v) is 11.1. The number of carbonyl (C=O) groups excluding carboxylic acids is 1. The van der Waals surface area contributed by atoms with Gasteiger partial charge in [-0.2, -0.15) is 0 Å². The first-order valence-corrected chi connectivity index (χ1v) is 6.27. The molecular formula is C15H17N3O. The lowest BCUT2D eigenvalue weighted by atomic mass is 10.1. The molecule has 0 aliphatic heterocycles. The van der Waals surface area contributed by atoms with E-state index in [-0.39, 0.29) is 5.91 Å². The largest absolute Gasteiger partial charge is 0.387 e. The van der Waals surface area contributed by atoms with Gasteiger partial charge < -0.3 is 10.6 Å². The highest BCUT2D eigenvalue weighted by atomic mass is 16.1. The van der Waals surface area contributed by atoms with E-state index in [2.05, 4.69) is 22.5 Å². The molecule has 98 valence electrons.